The van der Waals surface area contributed by atoms with Crippen molar-refractivity contribution >= 4 is 11.7 Å². The van der Waals surface area contributed by atoms with Gasteiger partial charge in [0.2, 0.25) is 0 Å². The van der Waals surface area contributed by atoms with E-state index in [1.807, 2.05) is 18.2 Å². The van der Waals surface area contributed by atoms with Crippen molar-refractivity contribution in [2.24, 2.45) is 0 Å². The molecule has 1 aromatic heterocycles. The Morgan fingerprint density at radius 3 is 2.81 bits per heavy atom. The number of aromatic nitrogens is 2. The molecule has 0 atom stereocenters. The van der Waals surface area contributed by atoms with Crippen molar-refractivity contribution in [2.45, 2.75) is 19.3 Å². The first-order valence-electron chi connectivity index (χ1n) is 6.91. The molecule has 112 valence electrons. The predicted molar refractivity (Wildman–Crippen MR) is 79.2 cm³/mol. The first-order valence-corrected chi connectivity index (χ1v) is 6.91. The molecule has 1 aromatic carbocycles. The first-order chi connectivity index (χ1) is 10.2. The lowest BCUT2D eigenvalue weighted by molar-refractivity contribution is 0.0489. The lowest BCUT2D eigenvalue weighted by Gasteiger charge is -2.05. The topological polar surface area (TPSA) is 90.4 Å². The van der Waals surface area contributed by atoms with E-state index >= 15 is 0 Å². The monoisotopic (exact) mass is 289 g/mol. The number of benzene rings is 1. The Hall–Kier alpha value is -2.34. The zero-order valence-electron chi connectivity index (χ0n) is 11.7. The van der Waals surface area contributed by atoms with Gasteiger partial charge in [-0.1, -0.05) is 12.1 Å². The molecule has 0 aliphatic rings. The van der Waals surface area contributed by atoms with E-state index in [1.54, 1.807) is 23.0 Å². The van der Waals surface area contributed by atoms with Crippen LogP contribution in [0, 0.1) is 0 Å². The molecule has 0 radical (unpaired) electrons. The van der Waals surface area contributed by atoms with Crippen LogP contribution in [-0.2, 0) is 4.74 Å². The van der Waals surface area contributed by atoms with E-state index in [1.165, 1.54) is 0 Å². The van der Waals surface area contributed by atoms with E-state index in [4.69, 9.17) is 15.6 Å². The number of esters is 1. The highest BCUT2D eigenvalue weighted by Gasteiger charge is 2.12. The number of nitrogen functional groups attached to an aromatic ring is 1. The minimum atomic E-state index is -0.452. The lowest BCUT2D eigenvalue weighted by atomic mass is 10.2. The van der Waals surface area contributed by atoms with Crippen LogP contribution in [0.3, 0.4) is 0 Å². The van der Waals surface area contributed by atoms with E-state index in [2.05, 4.69) is 5.10 Å². The molecule has 0 aliphatic carbocycles. The summed E-state index contributed by atoms with van der Waals surface area (Å²) >= 11 is 0. The number of nitrogens with two attached hydrogens (primary N) is 1. The zero-order chi connectivity index (χ0) is 15.1. The number of anilines is 1. The molecule has 2 aromatic rings. The Morgan fingerprint density at radius 1 is 1.24 bits per heavy atom. The molecule has 0 saturated heterocycles. The second kappa shape index (κ2) is 7.44. The fourth-order valence-electron chi connectivity index (χ4n) is 1.89. The van der Waals surface area contributed by atoms with Crippen molar-refractivity contribution in [1.82, 2.24) is 9.78 Å². The van der Waals surface area contributed by atoms with Gasteiger partial charge < -0.3 is 15.6 Å². The fraction of sp³-hybridized carbons (Fsp3) is 0.333. The number of unbranched alkanes of at least 4 members (excludes halogenated alkanes) is 2. The molecule has 2 rings (SSSR count). The van der Waals surface area contributed by atoms with Gasteiger partial charge in [-0.3, -0.25) is 0 Å². The van der Waals surface area contributed by atoms with Crippen LogP contribution in [0.15, 0.2) is 36.5 Å². The van der Waals surface area contributed by atoms with Crippen molar-refractivity contribution in [3.8, 4) is 5.69 Å². The normalized spacial score (nSPS) is 10.5. The molecule has 6 heteroatoms. The molecule has 0 saturated carbocycles. The molecular weight excluding hydrogens is 270 g/mol. The number of rotatable bonds is 7. The standard InChI is InChI=1S/C15H19N3O3/c16-12-6-2-3-7-14(12)18-9-8-13(17-18)15(20)21-11-5-1-4-10-19/h2-3,6-9,19H,1,4-5,10-11,16H2. The van der Waals surface area contributed by atoms with Gasteiger partial charge in [-0.25, -0.2) is 9.48 Å². The highest BCUT2D eigenvalue weighted by atomic mass is 16.5. The lowest BCUT2D eigenvalue weighted by Crippen LogP contribution is -2.08. The van der Waals surface area contributed by atoms with Crippen LogP contribution in [0.2, 0.25) is 0 Å². The Labute approximate surface area is 123 Å². The van der Waals surface area contributed by atoms with Crippen molar-refractivity contribution in [3.63, 3.8) is 0 Å². The average molecular weight is 289 g/mol. The van der Waals surface area contributed by atoms with Gasteiger partial charge in [0.15, 0.2) is 5.69 Å². The van der Waals surface area contributed by atoms with Crippen LogP contribution in [0.5, 0.6) is 0 Å². The van der Waals surface area contributed by atoms with Crippen molar-refractivity contribution in [1.29, 1.82) is 0 Å². The van der Waals surface area contributed by atoms with Crippen molar-refractivity contribution < 1.29 is 14.6 Å². The van der Waals surface area contributed by atoms with E-state index in [0.29, 0.717) is 12.3 Å². The largest absolute Gasteiger partial charge is 0.461 e. The molecule has 21 heavy (non-hydrogen) atoms. The van der Waals surface area contributed by atoms with Gasteiger partial charge in [0.1, 0.15) is 0 Å². The number of carbonyl (C=O) groups excluding carboxylic acids is 1. The number of para-hydroxylation sites is 2. The molecule has 0 fully saturated rings. The van der Waals surface area contributed by atoms with Gasteiger partial charge in [0, 0.05) is 12.8 Å². The van der Waals surface area contributed by atoms with Crippen molar-refractivity contribution in [3.05, 3.63) is 42.2 Å². The summed E-state index contributed by atoms with van der Waals surface area (Å²) in [5.74, 6) is -0.452. The minimum absolute atomic E-state index is 0.164. The molecule has 0 aliphatic heterocycles. The van der Waals surface area contributed by atoms with Crippen LogP contribution >= 0.6 is 0 Å². The summed E-state index contributed by atoms with van der Waals surface area (Å²) in [6.07, 6.45) is 3.96. The van der Waals surface area contributed by atoms with Gasteiger partial charge in [0.05, 0.1) is 18.0 Å². The third-order valence-corrected chi connectivity index (χ3v) is 3.02. The number of aliphatic hydroxyl groups excluding tert-OH is 1. The van der Waals surface area contributed by atoms with Gasteiger partial charge >= 0.3 is 5.97 Å². The predicted octanol–water partition coefficient (Wildman–Crippen LogP) is 1.77. The maximum absolute atomic E-state index is 11.8. The Kier molecular flexibility index (Phi) is 5.34. The summed E-state index contributed by atoms with van der Waals surface area (Å²) in [6.45, 7) is 0.496. The summed E-state index contributed by atoms with van der Waals surface area (Å²) in [4.78, 5) is 11.8. The first kappa shape index (κ1) is 15.1. The summed E-state index contributed by atoms with van der Waals surface area (Å²) in [5, 5.41) is 12.8. The number of nitrogens with zero attached hydrogens (tertiary/aromatic N) is 2. The second-order valence-electron chi connectivity index (χ2n) is 4.62. The molecular formula is C15H19N3O3. The summed E-state index contributed by atoms with van der Waals surface area (Å²) in [6, 6.07) is 8.89. The maximum Gasteiger partial charge on any atom is 0.358 e. The Balaban J connectivity index is 1.94. The molecule has 1 heterocycles. The van der Waals surface area contributed by atoms with Gasteiger partial charge in [0.25, 0.3) is 0 Å². The molecule has 0 spiro atoms. The van der Waals surface area contributed by atoms with E-state index in [0.717, 1.165) is 24.9 Å². The maximum atomic E-state index is 11.8. The number of hydrogen-bond donors (Lipinski definition) is 2. The summed E-state index contributed by atoms with van der Waals surface area (Å²) in [5.41, 5.74) is 7.43. The van der Waals surface area contributed by atoms with Gasteiger partial charge in [-0.15, -0.1) is 0 Å². The van der Waals surface area contributed by atoms with E-state index in [-0.39, 0.29) is 12.3 Å². The third kappa shape index (κ3) is 4.06. The highest BCUT2D eigenvalue weighted by molar-refractivity contribution is 5.87. The summed E-state index contributed by atoms with van der Waals surface area (Å²) < 4.78 is 6.68. The van der Waals surface area contributed by atoms with Crippen LogP contribution in [0.4, 0.5) is 5.69 Å². The van der Waals surface area contributed by atoms with E-state index < -0.39 is 5.97 Å². The van der Waals surface area contributed by atoms with Crippen LogP contribution < -0.4 is 5.73 Å². The fourth-order valence-corrected chi connectivity index (χ4v) is 1.89. The number of aliphatic hydroxyl groups is 1. The molecule has 0 amide bonds. The third-order valence-electron chi connectivity index (χ3n) is 3.02. The Bertz CT molecular complexity index is 595. The molecule has 6 nitrogen and oxygen atoms in total. The molecule has 0 unspecified atom stereocenters. The van der Waals surface area contributed by atoms with E-state index in [9.17, 15) is 4.79 Å². The molecule has 3 N–H and O–H groups in total. The highest BCUT2D eigenvalue weighted by Crippen LogP contribution is 2.15. The quantitative estimate of drug-likeness (QED) is 0.460. The minimum Gasteiger partial charge on any atom is -0.461 e. The number of carbonyl (C=O) groups is 1. The van der Waals surface area contributed by atoms with Crippen LogP contribution in [-0.4, -0.2) is 34.1 Å². The van der Waals surface area contributed by atoms with Crippen LogP contribution in [0.1, 0.15) is 29.8 Å². The molecule has 0 bridgehead atoms. The van der Waals surface area contributed by atoms with Crippen molar-refractivity contribution in [2.75, 3.05) is 18.9 Å². The Morgan fingerprint density at radius 2 is 2.05 bits per heavy atom. The number of ether oxygens (including phenoxy) is 1. The SMILES string of the molecule is Nc1ccccc1-n1ccc(C(=O)OCCCCCO)n1. The van der Waals surface area contributed by atoms with Crippen LogP contribution in [0.25, 0.3) is 5.69 Å². The van der Waals surface area contributed by atoms with Gasteiger partial charge in [-0.2, -0.15) is 5.10 Å². The smallest absolute Gasteiger partial charge is 0.358 e. The zero-order valence-corrected chi connectivity index (χ0v) is 11.7. The second-order valence-corrected chi connectivity index (χ2v) is 4.62. The average Bonchev–Trinajstić information content (AvgIpc) is 2.97. The summed E-state index contributed by atoms with van der Waals surface area (Å²) in [7, 11) is 0. The van der Waals surface area contributed by atoms with Gasteiger partial charge in [-0.05, 0) is 37.5 Å². The number of hydrogen-bond acceptors (Lipinski definition) is 5.